The third-order valence-electron chi connectivity index (χ3n) is 5.37. The van der Waals surface area contributed by atoms with Crippen molar-refractivity contribution in [3.63, 3.8) is 0 Å². The van der Waals surface area contributed by atoms with Gasteiger partial charge in [0.25, 0.3) is 5.69 Å². The largest absolute Gasteiger partial charge is 0.493 e. The van der Waals surface area contributed by atoms with E-state index in [0.29, 0.717) is 17.2 Å². The van der Waals surface area contributed by atoms with Crippen molar-refractivity contribution in [1.82, 2.24) is 5.01 Å². The first-order chi connectivity index (χ1) is 15.4. The SMILES string of the molecule is COc1cc2c(cc1OC)C(c1ccc(-c3cccc([N+](=O)[O-])c3)cc1)=NN(C)C(=O)C2. The minimum atomic E-state index is -0.413. The molecule has 0 aromatic heterocycles. The molecule has 1 amide bonds. The zero-order chi connectivity index (χ0) is 22.8. The van der Waals surface area contributed by atoms with Gasteiger partial charge in [-0.25, -0.2) is 5.01 Å². The van der Waals surface area contributed by atoms with Gasteiger partial charge in [0, 0.05) is 30.3 Å². The molecule has 0 saturated heterocycles. The molecule has 0 saturated carbocycles. The van der Waals surface area contributed by atoms with Gasteiger partial charge in [-0.2, -0.15) is 5.10 Å². The molecule has 8 nitrogen and oxygen atoms in total. The number of nitro benzene ring substituents is 1. The van der Waals surface area contributed by atoms with Crippen molar-refractivity contribution in [1.29, 1.82) is 0 Å². The van der Waals surface area contributed by atoms with Gasteiger partial charge in [-0.3, -0.25) is 14.9 Å². The second kappa shape index (κ2) is 8.50. The van der Waals surface area contributed by atoms with Crippen LogP contribution in [0.5, 0.6) is 11.5 Å². The maximum Gasteiger partial charge on any atom is 0.270 e. The summed E-state index contributed by atoms with van der Waals surface area (Å²) in [6.45, 7) is 0. The highest BCUT2D eigenvalue weighted by Gasteiger charge is 2.24. The van der Waals surface area contributed by atoms with Crippen LogP contribution in [-0.2, 0) is 11.2 Å². The Morgan fingerprint density at radius 2 is 1.59 bits per heavy atom. The molecule has 0 fully saturated rings. The molecule has 1 heterocycles. The van der Waals surface area contributed by atoms with Crippen molar-refractivity contribution in [2.45, 2.75) is 6.42 Å². The number of hydrogen-bond acceptors (Lipinski definition) is 6. The number of non-ortho nitro benzene ring substituents is 1. The van der Waals surface area contributed by atoms with E-state index in [1.54, 1.807) is 33.4 Å². The summed E-state index contributed by atoms with van der Waals surface area (Å²) in [5.74, 6) is 0.954. The van der Waals surface area contributed by atoms with E-state index in [9.17, 15) is 14.9 Å². The Balaban J connectivity index is 1.79. The van der Waals surface area contributed by atoms with Gasteiger partial charge in [-0.15, -0.1) is 0 Å². The minimum absolute atomic E-state index is 0.0369. The fourth-order valence-electron chi connectivity index (χ4n) is 3.66. The summed E-state index contributed by atoms with van der Waals surface area (Å²) < 4.78 is 10.9. The number of likely N-dealkylation sites (N-methyl/N-ethyl adjacent to an activating group) is 1. The molecular weight excluding hydrogens is 410 g/mol. The van der Waals surface area contributed by atoms with E-state index >= 15 is 0 Å². The number of hydrogen-bond donors (Lipinski definition) is 0. The normalized spacial score (nSPS) is 13.2. The van der Waals surface area contributed by atoms with Crippen LogP contribution in [-0.4, -0.2) is 42.8 Å². The van der Waals surface area contributed by atoms with Gasteiger partial charge >= 0.3 is 0 Å². The monoisotopic (exact) mass is 431 g/mol. The zero-order valence-electron chi connectivity index (χ0n) is 17.9. The Morgan fingerprint density at radius 3 is 2.25 bits per heavy atom. The highest BCUT2D eigenvalue weighted by atomic mass is 16.6. The number of methoxy groups -OCH3 is 2. The van der Waals surface area contributed by atoms with Crippen molar-refractivity contribution in [2.24, 2.45) is 5.10 Å². The molecule has 0 atom stereocenters. The number of hydrazone groups is 1. The van der Waals surface area contributed by atoms with Crippen molar-refractivity contribution < 1.29 is 19.2 Å². The van der Waals surface area contributed by atoms with Crippen LogP contribution in [0.15, 0.2) is 65.8 Å². The van der Waals surface area contributed by atoms with E-state index in [-0.39, 0.29) is 18.0 Å². The molecule has 162 valence electrons. The molecule has 0 bridgehead atoms. The van der Waals surface area contributed by atoms with E-state index < -0.39 is 4.92 Å². The van der Waals surface area contributed by atoms with Crippen molar-refractivity contribution in [3.05, 3.63) is 87.5 Å². The predicted octanol–water partition coefficient (Wildman–Crippen LogP) is 4.05. The summed E-state index contributed by atoms with van der Waals surface area (Å²) in [6.07, 6.45) is 0.185. The fourth-order valence-corrected chi connectivity index (χ4v) is 3.66. The summed E-state index contributed by atoms with van der Waals surface area (Å²) in [4.78, 5) is 23.2. The quantitative estimate of drug-likeness (QED) is 0.449. The highest BCUT2D eigenvalue weighted by Crippen LogP contribution is 2.34. The summed E-state index contributed by atoms with van der Waals surface area (Å²) in [7, 11) is 4.74. The molecule has 3 aromatic carbocycles. The van der Waals surface area contributed by atoms with Crippen LogP contribution in [0.25, 0.3) is 11.1 Å². The highest BCUT2D eigenvalue weighted by molar-refractivity contribution is 6.15. The average molecular weight is 431 g/mol. The first-order valence-corrected chi connectivity index (χ1v) is 9.87. The van der Waals surface area contributed by atoms with E-state index in [1.165, 1.54) is 17.1 Å². The van der Waals surface area contributed by atoms with Crippen LogP contribution in [0.1, 0.15) is 16.7 Å². The summed E-state index contributed by atoms with van der Waals surface area (Å²) >= 11 is 0. The lowest BCUT2D eigenvalue weighted by molar-refractivity contribution is -0.384. The Morgan fingerprint density at radius 1 is 0.938 bits per heavy atom. The topological polar surface area (TPSA) is 94.3 Å². The molecule has 4 rings (SSSR count). The number of benzene rings is 3. The van der Waals surface area contributed by atoms with Crippen LogP contribution in [0.2, 0.25) is 0 Å². The van der Waals surface area contributed by atoms with E-state index in [4.69, 9.17) is 9.47 Å². The smallest absolute Gasteiger partial charge is 0.270 e. The number of ether oxygens (including phenoxy) is 2. The molecule has 3 aromatic rings. The van der Waals surface area contributed by atoms with Gasteiger partial charge in [0.2, 0.25) is 5.91 Å². The maximum absolute atomic E-state index is 12.5. The lowest BCUT2D eigenvalue weighted by Gasteiger charge is -2.14. The van der Waals surface area contributed by atoms with E-state index in [2.05, 4.69) is 5.10 Å². The van der Waals surface area contributed by atoms with Crippen LogP contribution in [0.3, 0.4) is 0 Å². The Kier molecular flexibility index (Phi) is 5.59. The van der Waals surface area contributed by atoms with Gasteiger partial charge in [0.1, 0.15) is 0 Å². The standard InChI is InChI=1S/C24H21N3O5/c1-26-23(28)13-18-12-21(31-2)22(32-3)14-20(18)24(25-26)16-9-7-15(8-10-16)17-5-4-6-19(11-17)27(29)30/h4-12,14H,13H2,1-3H3. The number of nitrogens with zero attached hydrogens (tertiary/aromatic N) is 3. The molecule has 32 heavy (non-hydrogen) atoms. The molecule has 0 spiro atoms. The van der Waals surface area contributed by atoms with Crippen LogP contribution in [0, 0.1) is 10.1 Å². The molecule has 0 aliphatic carbocycles. The Bertz CT molecular complexity index is 1230. The predicted molar refractivity (Wildman–Crippen MR) is 120 cm³/mol. The van der Waals surface area contributed by atoms with Gasteiger partial charge < -0.3 is 9.47 Å². The third-order valence-corrected chi connectivity index (χ3v) is 5.37. The van der Waals surface area contributed by atoms with Crippen LogP contribution < -0.4 is 9.47 Å². The first-order valence-electron chi connectivity index (χ1n) is 9.87. The minimum Gasteiger partial charge on any atom is -0.493 e. The second-order valence-electron chi connectivity index (χ2n) is 7.29. The van der Waals surface area contributed by atoms with Crippen LogP contribution in [0.4, 0.5) is 5.69 Å². The first kappa shape index (κ1) is 21.0. The van der Waals surface area contributed by atoms with E-state index in [0.717, 1.165) is 27.8 Å². The third kappa shape index (κ3) is 3.90. The molecule has 1 aliphatic heterocycles. The number of rotatable bonds is 5. The van der Waals surface area contributed by atoms with Crippen LogP contribution >= 0.6 is 0 Å². The number of nitro groups is 1. The summed E-state index contributed by atoms with van der Waals surface area (Å²) in [5.41, 5.74) is 4.61. The molecule has 0 radical (unpaired) electrons. The number of carbonyl (C=O) groups is 1. The Hall–Kier alpha value is -4.20. The zero-order valence-corrected chi connectivity index (χ0v) is 17.9. The van der Waals surface area contributed by atoms with Gasteiger partial charge in [-0.05, 0) is 28.8 Å². The van der Waals surface area contributed by atoms with Crippen molar-refractivity contribution in [3.8, 4) is 22.6 Å². The van der Waals surface area contributed by atoms with Gasteiger partial charge in [0.15, 0.2) is 11.5 Å². The maximum atomic E-state index is 12.5. The van der Waals surface area contributed by atoms with Gasteiger partial charge in [-0.1, -0.05) is 36.4 Å². The fraction of sp³-hybridized carbons (Fsp3) is 0.167. The van der Waals surface area contributed by atoms with Crippen molar-refractivity contribution >= 4 is 17.3 Å². The van der Waals surface area contributed by atoms with Crippen molar-refractivity contribution in [2.75, 3.05) is 21.3 Å². The number of amides is 1. The summed E-state index contributed by atoms with van der Waals surface area (Å²) in [5, 5.41) is 17.0. The second-order valence-corrected chi connectivity index (χ2v) is 7.29. The van der Waals surface area contributed by atoms with Gasteiger partial charge in [0.05, 0.1) is 31.3 Å². The molecule has 1 aliphatic rings. The van der Waals surface area contributed by atoms with E-state index in [1.807, 2.05) is 36.4 Å². The lowest BCUT2D eigenvalue weighted by Crippen LogP contribution is -2.22. The Labute approximate surface area is 184 Å². The molecule has 0 unspecified atom stereocenters. The number of carbonyl (C=O) groups excluding carboxylic acids is 1. The molecule has 8 heteroatoms. The average Bonchev–Trinajstić information content (AvgIpc) is 2.93. The lowest BCUT2D eigenvalue weighted by atomic mass is 9.94. The molecular formula is C24H21N3O5. The summed E-state index contributed by atoms with van der Waals surface area (Å²) in [6, 6.07) is 17.6. The number of fused-ring (bicyclic) bond motifs is 1. The molecule has 0 N–H and O–H groups in total.